The lowest BCUT2D eigenvalue weighted by Gasteiger charge is -2.35. The van der Waals surface area contributed by atoms with E-state index < -0.39 is 0 Å². The molecule has 6 nitrogen and oxygen atoms in total. The molecule has 0 aromatic heterocycles. The van der Waals surface area contributed by atoms with Crippen molar-refractivity contribution in [1.29, 1.82) is 0 Å². The summed E-state index contributed by atoms with van der Waals surface area (Å²) in [6, 6.07) is 0. The number of amides is 1. The minimum atomic E-state index is -0.190. The molecule has 24 heavy (non-hydrogen) atoms. The fourth-order valence-electron chi connectivity index (χ4n) is 3.59. The van der Waals surface area contributed by atoms with E-state index in [9.17, 15) is 4.79 Å². The number of carbonyl (C=O) groups is 1. The number of guanidine groups is 1. The Hall–Kier alpha value is -0.570. The van der Waals surface area contributed by atoms with Gasteiger partial charge in [0.2, 0.25) is 5.91 Å². The summed E-state index contributed by atoms with van der Waals surface area (Å²) in [7, 11) is 2.19. The molecule has 2 aliphatic rings. The van der Waals surface area contributed by atoms with Crippen LogP contribution in [0.5, 0.6) is 0 Å². The summed E-state index contributed by atoms with van der Waals surface area (Å²) < 4.78 is 0. The van der Waals surface area contributed by atoms with Gasteiger partial charge in [0.05, 0.1) is 0 Å². The molecule has 2 aliphatic heterocycles. The van der Waals surface area contributed by atoms with Crippen molar-refractivity contribution >= 4 is 35.8 Å². The largest absolute Gasteiger partial charge is 0.370 e. The van der Waals surface area contributed by atoms with Crippen molar-refractivity contribution in [1.82, 2.24) is 15.1 Å². The van der Waals surface area contributed by atoms with E-state index in [4.69, 9.17) is 10.7 Å². The minimum Gasteiger partial charge on any atom is -0.370 e. The Balaban J connectivity index is 0.00000288. The monoisotopic (exact) mass is 451 g/mol. The lowest BCUT2D eigenvalue weighted by Crippen LogP contribution is -2.47. The number of hydrogen-bond donors (Lipinski definition) is 2. The summed E-state index contributed by atoms with van der Waals surface area (Å²) in [6.07, 6.45) is 5.17. The Kier molecular flexibility index (Phi) is 9.95. The third-order valence-corrected chi connectivity index (χ3v) is 4.98. The third kappa shape index (κ3) is 7.13. The van der Waals surface area contributed by atoms with Crippen LogP contribution in [0.25, 0.3) is 0 Å². The highest BCUT2D eigenvalue weighted by Gasteiger charge is 2.24. The van der Waals surface area contributed by atoms with Crippen molar-refractivity contribution in [3.8, 4) is 0 Å². The van der Waals surface area contributed by atoms with Gasteiger partial charge in [0.15, 0.2) is 5.96 Å². The fraction of sp³-hybridized carbons (Fsp3) is 0.882. The molecule has 140 valence electrons. The average molecular weight is 451 g/mol. The maximum absolute atomic E-state index is 11.2. The maximum Gasteiger partial charge on any atom is 0.217 e. The van der Waals surface area contributed by atoms with E-state index >= 15 is 0 Å². The molecular formula is C17H34IN5O. The van der Waals surface area contributed by atoms with Crippen LogP contribution < -0.4 is 11.1 Å². The van der Waals surface area contributed by atoms with Gasteiger partial charge in [-0.1, -0.05) is 0 Å². The number of nitrogens with two attached hydrogens (primary N) is 1. The Morgan fingerprint density at radius 3 is 2.54 bits per heavy atom. The first-order valence-corrected chi connectivity index (χ1v) is 9.08. The number of aliphatic imine (C=N–C) groups is 1. The van der Waals surface area contributed by atoms with Crippen LogP contribution in [0.2, 0.25) is 0 Å². The molecule has 0 spiro atoms. The van der Waals surface area contributed by atoms with Crippen molar-refractivity contribution in [2.75, 3.05) is 46.3 Å². The molecule has 1 atom stereocenters. The molecule has 0 aliphatic carbocycles. The van der Waals surface area contributed by atoms with Crippen molar-refractivity contribution in [3.63, 3.8) is 0 Å². The van der Waals surface area contributed by atoms with Gasteiger partial charge < -0.3 is 20.9 Å². The lowest BCUT2D eigenvalue weighted by molar-refractivity contribution is -0.119. The van der Waals surface area contributed by atoms with Gasteiger partial charge in [-0.3, -0.25) is 9.79 Å². The van der Waals surface area contributed by atoms with Crippen molar-refractivity contribution in [2.24, 2.45) is 22.6 Å². The molecule has 0 aromatic carbocycles. The van der Waals surface area contributed by atoms with Gasteiger partial charge in [-0.15, -0.1) is 24.0 Å². The van der Waals surface area contributed by atoms with Gasteiger partial charge in [-0.25, -0.2) is 0 Å². The topological polar surface area (TPSA) is 74.0 Å². The summed E-state index contributed by atoms with van der Waals surface area (Å²) >= 11 is 0. The average Bonchev–Trinajstić information content (AvgIpc) is 2.52. The van der Waals surface area contributed by atoms with Gasteiger partial charge in [-0.05, 0) is 64.6 Å². The number of likely N-dealkylation sites (tertiary alicyclic amines) is 2. The van der Waals surface area contributed by atoms with E-state index in [0.29, 0.717) is 18.3 Å². The first kappa shape index (κ1) is 21.5. The van der Waals surface area contributed by atoms with Crippen LogP contribution in [0, 0.1) is 11.8 Å². The molecule has 0 aromatic rings. The van der Waals surface area contributed by atoms with Gasteiger partial charge in [0.1, 0.15) is 0 Å². The molecule has 2 fully saturated rings. The second-order valence-corrected chi connectivity index (χ2v) is 7.07. The van der Waals surface area contributed by atoms with Crippen LogP contribution in [0.4, 0.5) is 0 Å². The molecule has 0 radical (unpaired) electrons. The second-order valence-electron chi connectivity index (χ2n) is 7.07. The quantitative estimate of drug-likeness (QED) is 0.378. The summed E-state index contributed by atoms with van der Waals surface area (Å²) in [6.45, 7) is 8.17. The van der Waals surface area contributed by atoms with E-state index in [2.05, 4.69) is 29.1 Å². The Labute approximate surface area is 163 Å². The van der Waals surface area contributed by atoms with Gasteiger partial charge >= 0.3 is 0 Å². The molecule has 2 saturated heterocycles. The number of halogens is 1. The van der Waals surface area contributed by atoms with E-state index in [1.54, 1.807) is 0 Å². The predicted molar refractivity (Wildman–Crippen MR) is 110 cm³/mol. The number of nitrogens with zero attached hydrogens (tertiary/aromatic N) is 3. The highest BCUT2D eigenvalue weighted by molar-refractivity contribution is 14.0. The van der Waals surface area contributed by atoms with Crippen LogP contribution >= 0.6 is 24.0 Å². The zero-order valence-corrected chi connectivity index (χ0v) is 17.5. The Morgan fingerprint density at radius 2 is 1.92 bits per heavy atom. The molecule has 3 N–H and O–H groups in total. The molecule has 1 unspecified atom stereocenters. The van der Waals surface area contributed by atoms with Crippen molar-refractivity contribution in [3.05, 3.63) is 0 Å². The van der Waals surface area contributed by atoms with E-state index in [0.717, 1.165) is 45.0 Å². The standard InChI is InChI=1S/C17H33N5O.HI/c1-3-19-17(20-12-14-6-9-21(2)10-7-14)22-8-4-5-15(13-22)11-16(18)23;/h14-15H,3-13H2,1-2H3,(H2,18,23)(H,19,20);1H. The SMILES string of the molecule is CCNC(=NCC1CCN(C)CC1)N1CCCC(CC(N)=O)C1.I. The van der Waals surface area contributed by atoms with E-state index in [1.165, 1.54) is 25.9 Å². The lowest BCUT2D eigenvalue weighted by atomic mass is 9.94. The number of piperidine rings is 2. The molecular weight excluding hydrogens is 417 g/mol. The van der Waals surface area contributed by atoms with E-state index in [1.807, 2.05) is 0 Å². The highest BCUT2D eigenvalue weighted by Crippen LogP contribution is 2.20. The number of rotatable bonds is 5. The smallest absolute Gasteiger partial charge is 0.217 e. The summed E-state index contributed by atoms with van der Waals surface area (Å²) in [4.78, 5) is 20.8. The Morgan fingerprint density at radius 1 is 1.21 bits per heavy atom. The predicted octanol–water partition coefficient (Wildman–Crippen LogP) is 1.50. The normalized spacial score (nSPS) is 23.7. The molecule has 7 heteroatoms. The molecule has 0 saturated carbocycles. The molecule has 0 bridgehead atoms. The van der Waals surface area contributed by atoms with Crippen LogP contribution in [0.1, 0.15) is 39.0 Å². The van der Waals surface area contributed by atoms with Crippen LogP contribution in [0.3, 0.4) is 0 Å². The van der Waals surface area contributed by atoms with Gasteiger partial charge in [0.25, 0.3) is 0 Å². The first-order chi connectivity index (χ1) is 11.1. The number of nitrogens with one attached hydrogen (secondary N) is 1. The second kappa shape index (κ2) is 11.1. The van der Waals surface area contributed by atoms with Crippen LogP contribution in [0.15, 0.2) is 4.99 Å². The van der Waals surface area contributed by atoms with Crippen LogP contribution in [-0.2, 0) is 4.79 Å². The number of primary amides is 1. The number of carbonyl (C=O) groups excluding carboxylic acids is 1. The Bertz CT molecular complexity index is 410. The van der Waals surface area contributed by atoms with Gasteiger partial charge in [0, 0.05) is 32.6 Å². The zero-order valence-electron chi connectivity index (χ0n) is 15.2. The molecule has 1 amide bonds. The van der Waals surface area contributed by atoms with E-state index in [-0.39, 0.29) is 29.9 Å². The minimum absolute atomic E-state index is 0. The number of hydrogen-bond acceptors (Lipinski definition) is 3. The third-order valence-electron chi connectivity index (χ3n) is 4.98. The fourth-order valence-corrected chi connectivity index (χ4v) is 3.59. The molecule has 2 rings (SSSR count). The van der Waals surface area contributed by atoms with Crippen molar-refractivity contribution in [2.45, 2.75) is 39.0 Å². The summed E-state index contributed by atoms with van der Waals surface area (Å²) in [5.41, 5.74) is 5.36. The zero-order chi connectivity index (χ0) is 16.7. The van der Waals surface area contributed by atoms with Crippen LogP contribution in [-0.4, -0.2) is 68.0 Å². The first-order valence-electron chi connectivity index (χ1n) is 9.08. The summed E-state index contributed by atoms with van der Waals surface area (Å²) in [5.74, 6) is 1.89. The molecule has 2 heterocycles. The van der Waals surface area contributed by atoms with Gasteiger partial charge in [-0.2, -0.15) is 0 Å². The summed E-state index contributed by atoms with van der Waals surface area (Å²) in [5, 5.41) is 3.42. The highest BCUT2D eigenvalue weighted by atomic mass is 127. The maximum atomic E-state index is 11.2. The van der Waals surface area contributed by atoms with Crippen molar-refractivity contribution < 1.29 is 4.79 Å².